The van der Waals surface area contributed by atoms with Crippen LogP contribution in [0.4, 0.5) is 0 Å². The summed E-state index contributed by atoms with van der Waals surface area (Å²) in [4.78, 5) is 11.3. The first-order chi connectivity index (χ1) is 10.7. The van der Waals surface area contributed by atoms with Crippen molar-refractivity contribution in [2.24, 2.45) is 0 Å². The van der Waals surface area contributed by atoms with Crippen LogP contribution in [-0.4, -0.2) is 16.1 Å². The molecule has 0 atom stereocenters. The number of carbonyl (C=O) groups is 1. The molecule has 0 unspecified atom stereocenters. The molecule has 4 heteroatoms. The maximum absolute atomic E-state index is 11.3. The number of rotatable bonds is 4. The topological polar surface area (TPSA) is 34.9 Å². The molecule has 0 amide bonds. The fraction of sp³-hybridized carbons (Fsp3) is 0.111. The second kappa shape index (κ2) is 6.16. The van der Waals surface area contributed by atoms with Gasteiger partial charge in [0.1, 0.15) is 5.69 Å². The minimum atomic E-state index is 0.577. The van der Waals surface area contributed by atoms with Gasteiger partial charge in [-0.25, -0.2) is 0 Å². The number of hydrogen-bond acceptors (Lipinski definition) is 2. The molecule has 0 aliphatic heterocycles. The number of aryl methyl sites for hydroxylation is 1. The normalized spacial score (nSPS) is 10.6. The average Bonchev–Trinajstić information content (AvgIpc) is 2.91. The molecule has 3 rings (SSSR count). The molecule has 1 heterocycles. The first-order valence-electron chi connectivity index (χ1n) is 7.00. The summed E-state index contributed by atoms with van der Waals surface area (Å²) in [5.41, 5.74) is 4.46. The predicted molar refractivity (Wildman–Crippen MR) is 88.3 cm³/mol. The number of halogens is 1. The molecule has 0 saturated heterocycles. The van der Waals surface area contributed by atoms with Gasteiger partial charge >= 0.3 is 0 Å². The van der Waals surface area contributed by atoms with Gasteiger partial charge in [0.15, 0.2) is 6.29 Å². The monoisotopic (exact) mass is 310 g/mol. The molecule has 0 aliphatic rings. The lowest BCUT2D eigenvalue weighted by Gasteiger charge is -2.02. The number of hydrogen-bond donors (Lipinski definition) is 0. The van der Waals surface area contributed by atoms with Crippen LogP contribution < -0.4 is 0 Å². The van der Waals surface area contributed by atoms with E-state index in [1.54, 1.807) is 10.9 Å². The lowest BCUT2D eigenvalue weighted by molar-refractivity contribution is 0.112. The van der Waals surface area contributed by atoms with Gasteiger partial charge in [0.25, 0.3) is 0 Å². The van der Waals surface area contributed by atoms with Crippen molar-refractivity contribution in [2.45, 2.75) is 13.5 Å². The van der Waals surface area contributed by atoms with Crippen LogP contribution in [0.5, 0.6) is 0 Å². The van der Waals surface area contributed by atoms with Crippen molar-refractivity contribution in [1.29, 1.82) is 0 Å². The van der Waals surface area contributed by atoms with Crippen LogP contribution in [0.15, 0.2) is 54.7 Å². The maximum atomic E-state index is 11.3. The standard InChI is InChI=1S/C18H15ClN2O/c1-13-5-7-15(8-6-13)18-16(12-22)11-21(20-18)10-14-3-2-4-17(19)9-14/h2-9,11-12H,10H2,1H3. The Labute approximate surface area is 134 Å². The maximum Gasteiger partial charge on any atom is 0.153 e. The summed E-state index contributed by atoms with van der Waals surface area (Å²) in [6, 6.07) is 15.6. The van der Waals surface area contributed by atoms with Gasteiger partial charge < -0.3 is 0 Å². The second-order valence-electron chi connectivity index (χ2n) is 5.24. The summed E-state index contributed by atoms with van der Waals surface area (Å²) in [5, 5.41) is 5.24. The molecule has 1 aromatic heterocycles. The van der Waals surface area contributed by atoms with Gasteiger partial charge in [0, 0.05) is 16.8 Å². The van der Waals surface area contributed by atoms with Crippen molar-refractivity contribution in [3.05, 3.63) is 76.4 Å². The third-order valence-corrected chi connectivity index (χ3v) is 3.71. The fourth-order valence-electron chi connectivity index (χ4n) is 2.36. The molecule has 0 N–H and O–H groups in total. The number of aldehydes is 1. The molecule has 2 aromatic carbocycles. The van der Waals surface area contributed by atoms with Crippen LogP contribution in [0.3, 0.4) is 0 Å². The number of nitrogens with zero attached hydrogens (tertiary/aromatic N) is 2. The Kier molecular flexibility index (Phi) is 4.07. The van der Waals surface area contributed by atoms with Gasteiger partial charge in [-0.1, -0.05) is 53.6 Å². The third-order valence-electron chi connectivity index (χ3n) is 3.48. The number of aromatic nitrogens is 2. The summed E-state index contributed by atoms with van der Waals surface area (Å²) < 4.78 is 1.77. The first-order valence-corrected chi connectivity index (χ1v) is 7.37. The van der Waals surface area contributed by atoms with Gasteiger partial charge in [0.05, 0.1) is 12.1 Å². The van der Waals surface area contributed by atoms with Crippen molar-refractivity contribution in [1.82, 2.24) is 9.78 Å². The molecule has 22 heavy (non-hydrogen) atoms. The van der Waals surface area contributed by atoms with Crippen molar-refractivity contribution >= 4 is 17.9 Å². The summed E-state index contributed by atoms with van der Waals surface area (Å²) in [5.74, 6) is 0. The molecular weight excluding hydrogens is 296 g/mol. The van der Waals surface area contributed by atoms with E-state index < -0.39 is 0 Å². The van der Waals surface area contributed by atoms with Crippen LogP contribution in [0.2, 0.25) is 5.02 Å². The van der Waals surface area contributed by atoms with Gasteiger partial charge in [-0.2, -0.15) is 5.10 Å². The summed E-state index contributed by atoms with van der Waals surface area (Å²) in [7, 11) is 0. The minimum absolute atomic E-state index is 0.577. The van der Waals surface area contributed by atoms with E-state index in [1.165, 1.54) is 5.56 Å². The van der Waals surface area contributed by atoms with E-state index in [2.05, 4.69) is 5.10 Å². The largest absolute Gasteiger partial charge is 0.298 e. The molecule has 3 nitrogen and oxygen atoms in total. The number of benzene rings is 2. The van der Waals surface area contributed by atoms with Crippen molar-refractivity contribution in [2.75, 3.05) is 0 Å². The van der Waals surface area contributed by atoms with Crippen molar-refractivity contribution in [3.63, 3.8) is 0 Å². The molecule has 0 bridgehead atoms. The summed E-state index contributed by atoms with van der Waals surface area (Å²) in [6.45, 7) is 2.61. The highest BCUT2D eigenvalue weighted by atomic mass is 35.5. The van der Waals surface area contributed by atoms with Crippen LogP contribution in [0, 0.1) is 6.92 Å². The van der Waals surface area contributed by atoms with E-state index >= 15 is 0 Å². The second-order valence-corrected chi connectivity index (χ2v) is 5.68. The van der Waals surface area contributed by atoms with Gasteiger partial charge in [0.2, 0.25) is 0 Å². The van der Waals surface area contributed by atoms with Gasteiger partial charge in [-0.3, -0.25) is 9.48 Å². The summed E-state index contributed by atoms with van der Waals surface area (Å²) in [6.07, 6.45) is 2.61. The molecule has 0 spiro atoms. The van der Waals surface area contributed by atoms with Crippen molar-refractivity contribution in [3.8, 4) is 11.3 Å². The zero-order chi connectivity index (χ0) is 15.5. The Bertz CT molecular complexity index is 806. The Hall–Kier alpha value is -2.39. The summed E-state index contributed by atoms with van der Waals surface area (Å²) >= 11 is 6.00. The molecular formula is C18H15ClN2O. The predicted octanol–water partition coefficient (Wildman–Crippen LogP) is 4.37. The number of carbonyl (C=O) groups excluding carboxylic acids is 1. The lowest BCUT2D eigenvalue weighted by atomic mass is 10.1. The highest BCUT2D eigenvalue weighted by molar-refractivity contribution is 6.30. The molecule has 0 radical (unpaired) electrons. The minimum Gasteiger partial charge on any atom is -0.298 e. The zero-order valence-corrected chi connectivity index (χ0v) is 12.9. The molecule has 0 aliphatic carbocycles. The van der Waals surface area contributed by atoms with Crippen LogP contribution in [0.1, 0.15) is 21.5 Å². The van der Waals surface area contributed by atoms with E-state index in [9.17, 15) is 4.79 Å². The Morgan fingerprint density at radius 3 is 2.64 bits per heavy atom. The highest BCUT2D eigenvalue weighted by Gasteiger charge is 2.11. The third kappa shape index (κ3) is 3.10. The van der Waals surface area contributed by atoms with E-state index in [4.69, 9.17) is 11.6 Å². The molecule has 0 fully saturated rings. The Morgan fingerprint density at radius 2 is 1.95 bits per heavy atom. The lowest BCUT2D eigenvalue weighted by Crippen LogP contribution is -2.00. The van der Waals surface area contributed by atoms with E-state index in [1.807, 2.05) is 55.5 Å². The van der Waals surface area contributed by atoms with E-state index in [-0.39, 0.29) is 0 Å². The zero-order valence-electron chi connectivity index (χ0n) is 12.2. The molecule has 0 saturated carbocycles. The highest BCUT2D eigenvalue weighted by Crippen LogP contribution is 2.22. The molecule has 110 valence electrons. The van der Waals surface area contributed by atoms with Crippen molar-refractivity contribution < 1.29 is 4.79 Å². The van der Waals surface area contributed by atoms with E-state index in [0.29, 0.717) is 22.8 Å². The van der Waals surface area contributed by atoms with Crippen LogP contribution >= 0.6 is 11.6 Å². The Morgan fingerprint density at radius 1 is 1.18 bits per heavy atom. The van der Waals surface area contributed by atoms with Crippen LogP contribution in [-0.2, 0) is 6.54 Å². The van der Waals surface area contributed by atoms with Gasteiger partial charge in [-0.05, 0) is 24.6 Å². The first kappa shape index (κ1) is 14.5. The van der Waals surface area contributed by atoms with Gasteiger partial charge in [-0.15, -0.1) is 0 Å². The smallest absolute Gasteiger partial charge is 0.153 e. The SMILES string of the molecule is Cc1ccc(-c2nn(Cc3cccc(Cl)c3)cc2C=O)cc1. The average molecular weight is 311 g/mol. The quantitative estimate of drug-likeness (QED) is 0.671. The van der Waals surface area contributed by atoms with E-state index in [0.717, 1.165) is 17.4 Å². The fourth-order valence-corrected chi connectivity index (χ4v) is 2.58. The Balaban J connectivity index is 1.94. The van der Waals surface area contributed by atoms with Crippen LogP contribution in [0.25, 0.3) is 11.3 Å². The molecule has 3 aromatic rings.